The van der Waals surface area contributed by atoms with Crippen molar-refractivity contribution in [2.45, 2.75) is 26.8 Å². The first-order chi connectivity index (χ1) is 16.2. The average molecular weight is 484 g/mol. The van der Waals surface area contributed by atoms with Crippen LogP contribution < -0.4 is 20.3 Å². The number of carbonyl (C=O) groups excluding carboxylic acids is 2. The molecule has 2 amide bonds. The van der Waals surface area contributed by atoms with Gasteiger partial charge in [0.25, 0.3) is 11.8 Å². The second-order valence-corrected chi connectivity index (χ2v) is 8.31. The highest BCUT2D eigenvalue weighted by Gasteiger charge is 2.16. The first-order valence-corrected chi connectivity index (χ1v) is 11.2. The van der Waals surface area contributed by atoms with E-state index in [0.29, 0.717) is 23.0 Å². The Morgan fingerprint density at radius 1 is 1.00 bits per heavy atom. The molecule has 0 aliphatic carbocycles. The molecule has 8 heteroatoms. The highest BCUT2D eigenvalue weighted by atomic mass is 35.5. The number of nitrogens with one attached hydrogen (secondary N) is 2. The zero-order chi connectivity index (χ0) is 24.8. The van der Waals surface area contributed by atoms with E-state index in [1.165, 1.54) is 19.2 Å². The third-order valence-electron chi connectivity index (χ3n) is 5.31. The van der Waals surface area contributed by atoms with Gasteiger partial charge < -0.3 is 20.3 Å². The van der Waals surface area contributed by atoms with Crippen molar-refractivity contribution < 1.29 is 18.7 Å². The van der Waals surface area contributed by atoms with E-state index in [1.54, 1.807) is 30.3 Å². The molecule has 3 rings (SSSR count). The van der Waals surface area contributed by atoms with Gasteiger partial charge in [-0.15, -0.1) is 0 Å². The summed E-state index contributed by atoms with van der Waals surface area (Å²) in [6, 6.07) is 16.3. The Labute approximate surface area is 203 Å². The van der Waals surface area contributed by atoms with Crippen LogP contribution in [-0.2, 0) is 0 Å². The van der Waals surface area contributed by atoms with Crippen LogP contribution >= 0.6 is 11.6 Å². The lowest BCUT2D eigenvalue weighted by molar-refractivity contribution is 0.101. The lowest BCUT2D eigenvalue weighted by atomic mass is 10.1. The number of methoxy groups -OCH3 is 1. The molecule has 6 nitrogen and oxygen atoms in total. The van der Waals surface area contributed by atoms with Gasteiger partial charge >= 0.3 is 0 Å². The molecular formula is C26H27ClFN3O3. The second-order valence-electron chi connectivity index (χ2n) is 7.87. The van der Waals surface area contributed by atoms with Gasteiger partial charge in [-0.05, 0) is 81.4 Å². The highest BCUT2D eigenvalue weighted by molar-refractivity contribution is 6.30. The van der Waals surface area contributed by atoms with Gasteiger partial charge in [0, 0.05) is 34.5 Å². The fourth-order valence-corrected chi connectivity index (χ4v) is 3.76. The normalized spacial score (nSPS) is 10.7. The maximum Gasteiger partial charge on any atom is 0.258 e. The number of hydrogen-bond donors (Lipinski definition) is 2. The molecule has 0 aliphatic rings. The Balaban J connectivity index is 1.77. The van der Waals surface area contributed by atoms with Crippen LogP contribution in [0, 0.1) is 5.82 Å². The van der Waals surface area contributed by atoms with E-state index >= 15 is 0 Å². The molecule has 0 aliphatic heterocycles. The van der Waals surface area contributed by atoms with Gasteiger partial charge in [0.15, 0.2) is 0 Å². The summed E-state index contributed by atoms with van der Waals surface area (Å²) in [5.74, 6) is -1.35. The standard InChI is InChI=1S/C26H27ClFN3O3/c1-5-31(16(2)3)20-10-6-17(7-11-20)25(32)29-19-9-13-24(34-4)23(15-19)30-26(33)21-12-8-18(27)14-22(21)28/h6-16H,5H2,1-4H3,(H,29,32)(H,30,33). The molecule has 178 valence electrons. The number of benzene rings is 3. The quantitative estimate of drug-likeness (QED) is 0.398. The summed E-state index contributed by atoms with van der Waals surface area (Å²) in [5.41, 5.74) is 2.10. The molecule has 2 N–H and O–H groups in total. The third kappa shape index (κ3) is 5.85. The van der Waals surface area contributed by atoms with E-state index in [9.17, 15) is 14.0 Å². The summed E-state index contributed by atoms with van der Waals surface area (Å²) in [6.45, 7) is 7.18. The molecule has 34 heavy (non-hydrogen) atoms. The molecular weight excluding hydrogens is 457 g/mol. The van der Waals surface area contributed by atoms with Gasteiger partial charge in [-0.3, -0.25) is 9.59 Å². The Hall–Kier alpha value is -3.58. The van der Waals surface area contributed by atoms with Crippen molar-refractivity contribution in [1.29, 1.82) is 0 Å². The maximum absolute atomic E-state index is 14.1. The van der Waals surface area contributed by atoms with Gasteiger partial charge in [0.1, 0.15) is 11.6 Å². The van der Waals surface area contributed by atoms with Crippen LogP contribution in [0.3, 0.4) is 0 Å². The minimum Gasteiger partial charge on any atom is -0.495 e. The van der Waals surface area contributed by atoms with Crippen molar-refractivity contribution in [3.63, 3.8) is 0 Å². The Morgan fingerprint density at radius 3 is 2.29 bits per heavy atom. The molecule has 0 heterocycles. The van der Waals surface area contributed by atoms with Gasteiger partial charge in [-0.2, -0.15) is 0 Å². The van der Waals surface area contributed by atoms with E-state index in [0.717, 1.165) is 18.3 Å². The lowest BCUT2D eigenvalue weighted by Crippen LogP contribution is -2.30. The number of hydrogen-bond acceptors (Lipinski definition) is 4. The predicted octanol–water partition coefficient (Wildman–Crippen LogP) is 6.23. The fraction of sp³-hybridized carbons (Fsp3) is 0.231. The van der Waals surface area contributed by atoms with Crippen LogP contribution in [0.15, 0.2) is 60.7 Å². The average Bonchev–Trinajstić information content (AvgIpc) is 2.80. The molecule has 0 fully saturated rings. The van der Waals surface area contributed by atoms with E-state index in [1.807, 2.05) is 12.1 Å². The number of amides is 2. The summed E-state index contributed by atoms with van der Waals surface area (Å²) in [6.07, 6.45) is 0. The molecule has 0 unspecified atom stereocenters. The van der Waals surface area contributed by atoms with Crippen molar-refractivity contribution in [3.8, 4) is 5.75 Å². The molecule has 0 saturated carbocycles. The summed E-state index contributed by atoms with van der Waals surface area (Å²) in [5, 5.41) is 5.63. The monoisotopic (exact) mass is 483 g/mol. The number of rotatable bonds is 8. The summed E-state index contributed by atoms with van der Waals surface area (Å²) in [7, 11) is 1.45. The van der Waals surface area contributed by atoms with Crippen molar-refractivity contribution in [2.24, 2.45) is 0 Å². The van der Waals surface area contributed by atoms with E-state index in [-0.39, 0.29) is 22.2 Å². The van der Waals surface area contributed by atoms with Crippen molar-refractivity contribution in [2.75, 3.05) is 29.2 Å². The second kappa shape index (κ2) is 11.0. The zero-order valence-electron chi connectivity index (χ0n) is 19.5. The van der Waals surface area contributed by atoms with E-state index in [4.69, 9.17) is 16.3 Å². The van der Waals surface area contributed by atoms with Crippen molar-refractivity contribution in [3.05, 3.63) is 82.6 Å². The summed E-state index contributed by atoms with van der Waals surface area (Å²) in [4.78, 5) is 27.6. The van der Waals surface area contributed by atoms with Crippen LogP contribution in [-0.4, -0.2) is 31.5 Å². The van der Waals surface area contributed by atoms with Gasteiger partial charge in [0.05, 0.1) is 18.4 Å². The van der Waals surface area contributed by atoms with Crippen molar-refractivity contribution in [1.82, 2.24) is 0 Å². The summed E-state index contributed by atoms with van der Waals surface area (Å²) < 4.78 is 19.4. The molecule has 0 aromatic heterocycles. The molecule has 0 atom stereocenters. The number of halogens is 2. The largest absolute Gasteiger partial charge is 0.495 e. The number of ether oxygens (including phenoxy) is 1. The van der Waals surface area contributed by atoms with Crippen LogP contribution in [0.5, 0.6) is 5.75 Å². The van der Waals surface area contributed by atoms with Crippen LogP contribution in [0.1, 0.15) is 41.5 Å². The fourth-order valence-electron chi connectivity index (χ4n) is 3.60. The molecule has 3 aromatic carbocycles. The molecule has 0 bridgehead atoms. The molecule has 0 saturated heterocycles. The summed E-state index contributed by atoms with van der Waals surface area (Å²) >= 11 is 5.76. The highest BCUT2D eigenvalue weighted by Crippen LogP contribution is 2.29. The SMILES string of the molecule is CCN(c1ccc(C(=O)Nc2ccc(OC)c(NC(=O)c3ccc(Cl)cc3F)c2)cc1)C(C)C. The number of nitrogens with zero attached hydrogens (tertiary/aromatic N) is 1. The van der Waals surface area contributed by atoms with Crippen LogP contribution in [0.25, 0.3) is 0 Å². The van der Waals surface area contributed by atoms with E-state index < -0.39 is 11.7 Å². The van der Waals surface area contributed by atoms with Crippen molar-refractivity contribution >= 4 is 40.5 Å². The Bertz CT molecular complexity index is 1180. The van der Waals surface area contributed by atoms with Gasteiger partial charge in [-0.25, -0.2) is 4.39 Å². The smallest absolute Gasteiger partial charge is 0.258 e. The molecule has 0 radical (unpaired) electrons. The Kier molecular flexibility index (Phi) is 8.12. The molecule has 0 spiro atoms. The van der Waals surface area contributed by atoms with E-state index in [2.05, 4.69) is 36.3 Å². The third-order valence-corrected chi connectivity index (χ3v) is 5.54. The van der Waals surface area contributed by atoms with Crippen LogP contribution in [0.4, 0.5) is 21.5 Å². The molecule has 3 aromatic rings. The minimum atomic E-state index is -0.740. The van der Waals surface area contributed by atoms with Gasteiger partial charge in [-0.1, -0.05) is 11.6 Å². The Morgan fingerprint density at radius 2 is 1.71 bits per heavy atom. The topological polar surface area (TPSA) is 70.7 Å². The lowest BCUT2D eigenvalue weighted by Gasteiger charge is -2.27. The maximum atomic E-state index is 14.1. The first-order valence-electron chi connectivity index (χ1n) is 10.9. The minimum absolute atomic E-state index is 0.163. The van der Waals surface area contributed by atoms with Gasteiger partial charge in [0.2, 0.25) is 0 Å². The zero-order valence-corrected chi connectivity index (χ0v) is 20.2. The van der Waals surface area contributed by atoms with Crippen LogP contribution in [0.2, 0.25) is 5.02 Å². The number of carbonyl (C=O) groups is 2. The number of anilines is 3. The first kappa shape index (κ1) is 25.1. The predicted molar refractivity (Wildman–Crippen MR) is 135 cm³/mol.